The number of benzene rings is 1. The highest BCUT2D eigenvalue weighted by molar-refractivity contribution is 7.13. The third-order valence-electron chi connectivity index (χ3n) is 3.89. The Bertz CT molecular complexity index is 769. The second-order valence-electron chi connectivity index (χ2n) is 5.81. The van der Waals surface area contributed by atoms with Gasteiger partial charge in [0.15, 0.2) is 11.6 Å². The zero-order valence-corrected chi connectivity index (χ0v) is 12.3. The SMILES string of the molecule is CC1(C)Cc2ccccc2-c2nnc(-c3cccs3)n21. The lowest BCUT2D eigenvalue weighted by molar-refractivity contribution is 0.351. The van der Waals surface area contributed by atoms with E-state index < -0.39 is 0 Å². The average molecular weight is 281 g/mol. The van der Waals surface area contributed by atoms with Gasteiger partial charge in [-0.05, 0) is 37.3 Å². The lowest BCUT2D eigenvalue weighted by Crippen LogP contribution is -2.33. The summed E-state index contributed by atoms with van der Waals surface area (Å²) in [5, 5.41) is 11.0. The molecule has 1 aromatic carbocycles. The van der Waals surface area contributed by atoms with Crippen molar-refractivity contribution in [3.63, 3.8) is 0 Å². The van der Waals surface area contributed by atoms with Gasteiger partial charge in [-0.15, -0.1) is 21.5 Å². The summed E-state index contributed by atoms with van der Waals surface area (Å²) in [4.78, 5) is 1.18. The van der Waals surface area contributed by atoms with Crippen LogP contribution in [0.1, 0.15) is 19.4 Å². The molecule has 4 heteroatoms. The Morgan fingerprint density at radius 3 is 2.65 bits per heavy atom. The van der Waals surface area contributed by atoms with Gasteiger partial charge in [-0.2, -0.15) is 0 Å². The minimum atomic E-state index is -0.00743. The highest BCUT2D eigenvalue weighted by atomic mass is 32.1. The minimum Gasteiger partial charge on any atom is -0.300 e. The lowest BCUT2D eigenvalue weighted by atomic mass is 9.87. The molecule has 1 aliphatic rings. The Balaban J connectivity index is 2.02. The largest absolute Gasteiger partial charge is 0.300 e. The summed E-state index contributed by atoms with van der Waals surface area (Å²) in [5.74, 6) is 1.97. The van der Waals surface area contributed by atoms with Crippen LogP contribution in [0.2, 0.25) is 0 Å². The fraction of sp³-hybridized carbons (Fsp3) is 0.250. The van der Waals surface area contributed by atoms with E-state index in [2.05, 4.69) is 70.4 Å². The van der Waals surface area contributed by atoms with Crippen LogP contribution >= 0.6 is 11.3 Å². The van der Waals surface area contributed by atoms with Gasteiger partial charge in [-0.1, -0.05) is 30.3 Å². The predicted molar refractivity (Wildman–Crippen MR) is 81.8 cm³/mol. The maximum atomic E-state index is 4.47. The van der Waals surface area contributed by atoms with Gasteiger partial charge in [-0.25, -0.2) is 0 Å². The van der Waals surface area contributed by atoms with Gasteiger partial charge in [0.25, 0.3) is 0 Å². The molecule has 0 spiro atoms. The second-order valence-corrected chi connectivity index (χ2v) is 6.75. The molecule has 0 saturated carbocycles. The molecule has 0 aliphatic carbocycles. The summed E-state index contributed by atoms with van der Waals surface area (Å²) in [6, 6.07) is 12.7. The van der Waals surface area contributed by atoms with E-state index in [4.69, 9.17) is 0 Å². The number of hydrogen-bond acceptors (Lipinski definition) is 3. The van der Waals surface area contributed by atoms with E-state index in [0.717, 1.165) is 18.1 Å². The number of nitrogens with zero attached hydrogens (tertiary/aromatic N) is 3. The first-order valence-corrected chi connectivity index (χ1v) is 7.63. The summed E-state index contributed by atoms with van der Waals surface area (Å²) in [6.07, 6.45) is 1.01. The molecule has 2 aromatic heterocycles. The maximum absolute atomic E-state index is 4.47. The van der Waals surface area contributed by atoms with Crippen LogP contribution in [0.3, 0.4) is 0 Å². The number of rotatable bonds is 1. The molecule has 0 atom stereocenters. The number of aromatic nitrogens is 3. The van der Waals surface area contributed by atoms with E-state index in [1.54, 1.807) is 11.3 Å². The van der Waals surface area contributed by atoms with E-state index in [-0.39, 0.29) is 5.54 Å². The molecule has 0 N–H and O–H groups in total. The van der Waals surface area contributed by atoms with Crippen molar-refractivity contribution in [3.8, 4) is 22.1 Å². The smallest absolute Gasteiger partial charge is 0.174 e. The van der Waals surface area contributed by atoms with Crippen molar-refractivity contribution >= 4 is 11.3 Å². The first-order valence-electron chi connectivity index (χ1n) is 6.75. The third-order valence-corrected chi connectivity index (χ3v) is 4.76. The molecule has 3 heterocycles. The zero-order chi connectivity index (χ0) is 13.7. The number of thiophene rings is 1. The molecule has 0 fully saturated rings. The van der Waals surface area contributed by atoms with Crippen molar-refractivity contribution in [2.45, 2.75) is 25.8 Å². The molecule has 4 rings (SSSR count). The quantitative estimate of drug-likeness (QED) is 0.676. The van der Waals surface area contributed by atoms with Crippen LogP contribution < -0.4 is 0 Å². The van der Waals surface area contributed by atoms with E-state index in [0.29, 0.717) is 0 Å². The molecular weight excluding hydrogens is 266 g/mol. The topological polar surface area (TPSA) is 30.7 Å². The predicted octanol–water partition coefficient (Wildman–Crippen LogP) is 3.96. The Hall–Kier alpha value is -1.94. The number of hydrogen-bond donors (Lipinski definition) is 0. The van der Waals surface area contributed by atoms with Crippen LogP contribution in [0.25, 0.3) is 22.1 Å². The van der Waals surface area contributed by atoms with E-state index in [1.807, 2.05) is 0 Å². The maximum Gasteiger partial charge on any atom is 0.174 e. The average Bonchev–Trinajstić information content (AvgIpc) is 3.07. The highest BCUT2D eigenvalue weighted by Gasteiger charge is 2.34. The van der Waals surface area contributed by atoms with Crippen LogP contribution in [-0.4, -0.2) is 14.8 Å². The summed E-state index contributed by atoms with van der Waals surface area (Å²) in [7, 11) is 0. The van der Waals surface area contributed by atoms with Crippen molar-refractivity contribution < 1.29 is 0 Å². The fourth-order valence-electron chi connectivity index (χ4n) is 3.04. The molecule has 1 aliphatic heterocycles. The van der Waals surface area contributed by atoms with Gasteiger partial charge in [0.2, 0.25) is 0 Å². The van der Waals surface area contributed by atoms with Crippen LogP contribution in [0.4, 0.5) is 0 Å². The first-order chi connectivity index (χ1) is 9.67. The molecule has 0 radical (unpaired) electrons. The van der Waals surface area contributed by atoms with Crippen molar-refractivity contribution in [3.05, 3.63) is 47.3 Å². The third kappa shape index (κ3) is 1.58. The van der Waals surface area contributed by atoms with Gasteiger partial charge >= 0.3 is 0 Å². The summed E-state index contributed by atoms with van der Waals surface area (Å²) in [5.41, 5.74) is 2.56. The van der Waals surface area contributed by atoms with Gasteiger partial charge in [0.1, 0.15) is 0 Å². The Labute approximate surface area is 121 Å². The molecule has 0 unspecified atom stereocenters. The standard InChI is InChI=1S/C16H15N3S/c1-16(2)10-11-6-3-4-7-12(11)14-17-18-15(19(14)16)13-8-5-9-20-13/h3-9H,10H2,1-2H3. The summed E-state index contributed by atoms with van der Waals surface area (Å²) >= 11 is 1.71. The highest BCUT2D eigenvalue weighted by Crippen LogP contribution is 2.40. The van der Waals surface area contributed by atoms with Crippen molar-refractivity contribution in [2.75, 3.05) is 0 Å². The van der Waals surface area contributed by atoms with Gasteiger partial charge < -0.3 is 4.57 Å². The first kappa shape index (κ1) is 11.9. The summed E-state index contributed by atoms with van der Waals surface area (Å²) < 4.78 is 2.29. The number of fused-ring (bicyclic) bond motifs is 3. The Morgan fingerprint density at radius 2 is 1.85 bits per heavy atom. The van der Waals surface area contributed by atoms with E-state index in [1.165, 1.54) is 16.0 Å². The monoisotopic (exact) mass is 281 g/mol. The molecule has 0 bridgehead atoms. The van der Waals surface area contributed by atoms with Gasteiger partial charge in [0, 0.05) is 11.1 Å². The van der Waals surface area contributed by atoms with Crippen LogP contribution in [0.15, 0.2) is 41.8 Å². The zero-order valence-electron chi connectivity index (χ0n) is 11.5. The normalized spacial score (nSPS) is 15.7. The van der Waals surface area contributed by atoms with Crippen LogP contribution in [-0.2, 0) is 12.0 Å². The van der Waals surface area contributed by atoms with Crippen LogP contribution in [0.5, 0.6) is 0 Å². The molecule has 3 aromatic rings. The van der Waals surface area contributed by atoms with Crippen molar-refractivity contribution in [1.29, 1.82) is 0 Å². The van der Waals surface area contributed by atoms with Crippen molar-refractivity contribution in [2.24, 2.45) is 0 Å². The molecule has 100 valence electrons. The molecule has 0 saturated heterocycles. The Kier molecular flexibility index (Phi) is 2.39. The lowest BCUT2D eigenvalue weighted by Gasteiger charge is -2.34. The minimum absolute atomic E-state index is 0.00743. The van der Waals surface area contributed by atoms with Crippen molar-refractivity contribution in [1.82, 2.24) is 14.8 Å². The molecular formula is C16H15N3S. The van der Waals surface area contributed by atoms with E-state index in [9.17, 15) is 0 Å². The fourth-order valence-corrected chi connectivity index (χ4v) is 3.73. The van der Waals surface area contributed by atoms with E-state index >= 15 is 0 Å². The molecule has 3 nitrogen and oxygen atoms in total. The van der Waals surface area contributed by atoms with Gasteiger partial charge in [0.05, 0.1) is 4.88 Å². The molecule has 20 heavy (non-hydrogen) atoms. The van der Waals surface area contributed by atoms with Crippen LogP contribution in [0, 0.1) is 0 Å². The second kappa shape index (κ2) is 4.03. The Morgan fingerprint density at radius 1 is 1.05 bits per heavy atom. The molecule has 0 amide bonds. The summed E-state index contributed by atoms with van der Waals surface area (Å²) in [6.45, 7) is 4.51. The van der Waals surface area contributed by atoms with Gasteiger partial charge in [-0.3, -0.25) is 0 Å².